The number of rotatable bonds is 5. The van der Waals surface area contributed by atoms with Gasteiger partial charge in [-0.1, -0.05) is 11.9 Å². The van der Waals surface area contributed by atoms with Crippen molar-refractivity contribution in [2.75, 3.05) is 26.5 Å². The van der Waals surface area contributed by atoms with Gasteiger partial charge >= 0.3 is 0 Å². The van der Waals surface area contributed by atoms with E-state index in [1.54, 1.807) is 14.2 Å². The van der Waals surface area contributed by atoms with Gasteiger partial charge in [0.2, 0.25) is 0 Å². The number of carbonyl (C=O) groups is 1. The third-order valence-corrected chi connectivity index (χ3v) is 5.21. The largest absolute Gasteiger partial charge is 0.493 e. The summed E-state index contributed by atoms with van der Waals surface area (Å²) in [7, 11) is 3.23. The van der Waals surface area contributed by atoms with Crippen LogP contribution in [0.25, 0.3) is 10.1 Å². The minimum absolute atomic E-state index is 0.0955. The van der Waals surface area contributed by atoms with Crippen molar-refractivity contribution in [3.8, 4) is 11.5 Å². The van der Waals surface area contributed by atoms with Crippen LogP contribution in [0.15, 0.2) is 12.1 Å². The van der Waals surface area contributed by atoms with Gasteiger partial charge in [-0.05, 0) is 6.07 Å². The molecular weight excluding hydrogens is 308 g/mol. The van der Waals surface area contributed by atoms with Gasteiger partial charge < -0.3 is 14.4 Å². The lowest BCUT2D eigenvalue weighted by Crippen LogP contribution is -2.26. The molecule has 112 valence electrons. The highest BCUT2D eigenvalue weighted by Crippen LogP contribution is 2.42. The van der Waals surface area contributed by atoms with Crippen LogP contribution in [0.4, 0.5) is 0 Å². The van der Waals surface area contributed by atoms with E-state index in [9.17, 15) is 4.79 Å². The molecule has 7 heteroatoms. The fraction of sp³-hybridized carbons (Fsp3) is 0.357. The molecule has 21 heavy (non-hydrogen) atoms. The number of amides is 1. The summed E-state index contributed by atoms with van der Waals surface area (Å²) in [5.41, 5.74) is 1.09. The summed E-state index contributed by atoms with van der Waals surface area (Å²) >= 11 is 2.78. The Bertz CT molecular complexity index is 699. The van der Waals surface area contributed by atoms with Crippen LogP contribution in [0.2, 0.25) is 0 Å². The van der Waals surface area contributed by atoms with Crippen LogP contribution in [-0.2, 0) is 6.54 Å². The number of carbonyl (C=O) groups excluding carboxylic acids is 1. The molecule has 0 bridgehead atoms. The zero-order valence-electron chi connectivity index (χ0n) is 11.8. The first-order chi connectivity index (χ1) is 10.2. The summed E-state index contributed by atoms with van der Waals surface area (Å²) in [6.45, 7) is 1.32. The van der Waals surface area contributed by atoms with Crippen LogP contribution in [0.3, 0.4) is 0 Å². The lowest BCUT2D eigenvalue weighted by atomic mass is 10.1. The Balaban J connectivity index is 2.03. The third kappa shape index (κ3) is 2.35. The first-order valence-corrected chi connectivity index (χ1v) is 8.34. The van der Waals surface area contributed by atoms with Crippen LogP contribution in [0.5, 0.6) is 11.5 Å². The summed E-state index contributed by atoms with van der Waals surface area (Å²) in [6, 6.07) is 3.89. The highest BCUT2D eigenvalue weighted by Gasteiger charge is 2.31. The van der Waals surface area contributed by atoms with Gasteiger partial charge in [0.25, 0.3) is 5.91 Å². The molecule has 0 atom stereocenters. The lowest BCUT2D eigenvalue weighted by Gasteiger charge is -2.15. The molecule has 1 aliphatic heterocycles. The van der Waals surface area contributed by atoms with Crippen molar-refractivity contribution in [3.05, 3.63) is 22.6 Å². The number of ether oxygens (including phenoxy) is 2. The maximum atomic E-state index is 12.4. The Hall–Kier alpha value is -1.44. The molecule has 0 saturated heterocycles. The average Bonchev–Trinajstić information content (AvgIpc) is 3.00. The molecule has 2 heterocycles. The van der Waals surface area contributed by atoms with E-state index in [0.29, 0.717) is 24.6 Å². The van der Waals surface area contributed by atoms with E-state index in [4.69, 9.17) is 14.6 Å². The number of hydrogen-bond acceptors (Lipinski definition) is 6. The smallest absolute Gasteiger partial charge is 0.264 e. The molecule has 0 spiro atoms. The second kappa shape index (κ2) is 5.75. The van der Waals surface area contributed by atoms with Crippen molar-refractivity contribution in [2.24, 2.45) is 5.14 Å². The zero-order chi connectivity index (χ0) is 15.0. The van der Waals surface area contributed by atoms with E-state index >= 15 is 0 Å². The van der Waals surface area contributed by atoms with Crippen molar-refractivity contribution in [2.45, 2.75) is 6.54 Å². The molecule has 2 N–H and O–H groups in total. The zero-order valence-corrected chi connectivity index (χ0v) is 13.5. The van der Waals surface area contributed by atoms with E-state index in [-0.39, 0.29) is 5.91 Å². The van der Waals surface area contributed by atoms with Crippen LogP contribution in [0, 0.1) is 0 Å². The highest BCUT2D eigenvalue weighted by atomic mass is 32.2. The summed E-state index contributed by atoms with van der Waals surface area (Å²) in [5.74, 6) is 2.22. The van der Waals surface area contributed by atoms with Gasteiger partial charge in [0, 0.05) is 40.6 Å². The van der Waals surface area contributed by atoms with Gasteiger partial charge in [-0.15, -0.1) is 11.3 Å². The summed E-state index contributed by atoms with van der Waals surface area (Å²) in [5, 5.41) is 6.52. The Kier molecular flexibility index (Phi) is 3.97. The predicted octanol–water partition coefficient (Wildman–Crippen LogP) is 2.48. The van der Waals surface area contributed by atoms with Crippen molar-refractivity contribution in [1.82, 2.24) is 4.90 Å². The molecule has 0 radical (unpaired) electrons. The van der Waals surface area contributed by atoms with Crippen LogP contribution in [0.1, 0.15) is 15.2 Å². The number of thiophene rings is 1. The van der Waals surface area contributed by atoms with Crippen molar-refractivity contribution in [3.63, 3.8) is 0 Å². The summed E-state index contributed by atoms with van der Waals surface area (Å²) < 4.78 is 11.7. The molecular formula is C14H16N2O3S2. The number of fused-ring (bicyclic) bond motifs is 3. The van der Waals surface area contributed by atoms with Gasteiger partial charge in [-0.25, -0.2) is 0 Å². The molecule has 0 fully saturated rings. The van der Waals surface area contributed by atoms with E-state index in [0.717, 1.165) is 26.3 Å². The second-order valence-electron chi connectivity index (χ2n) is 4.71. The molecule has 5 nitrogen and oxygen atoms in total. The fourth-order valence-corrected chi connectivity index (χ4v) is 4.07. The molecule has 3 rings (SSSR count). The topological polar surface area (TPSA) is 64.8 Å². The first-order valence-electron chi connectivity index (χ1n) is 6.48. The normalized spacial score (nSPS) is 13.9. The van der Waals surface area contributed by atoms with E-state index in [1.807, 2.05) is 17.0 Å². The van der Waals surface area contributed by atoms with Gasteiger partial charge in [0.05, 0.1) is 19.1 Å². The van der Waals surface area contributed by atoms with Crippen LogP contribution >= 0.6 is 23.3 Å². The number of hydrogen-bond donors (Lipinski definition) is 1. The third-order valence-electron chi connectivity index (χ3n) is 3.61. The Morgan fingerprint density at radius 3 is 2.71 bits per heavy atom. The average molecular weight is 324 g/mol. The predicted molar refractivity (Wildman–Crippen MR) is 86.3 cm³/mol. The van der Waals surface area contributed by atoms with Crippen LogP contribution < -0.4 is 14.6 Å². The number of benzene rings is 1. The maximum Gasteiger partial charge on any atom is 0.264 e. The minimum Gasteiger partial charge on any atom is -0.493 e. The quantitative estimate of drug-likeness (QED) is 0.856. The van der Waals surface area contributed by atoms with Crippen molar-refractivity contribution in [1.29, 1.82) is 0 Å². The number of methoxy groups -OCH3 is 2. The van der Waals surface area contributed by atoms with E-state index in [1.165, 1.54) is 23.3 Å². The standard InChI is InChI=1S/C14H16N2O3S2/c1-18-10-5-8-9-7-16(3-4-20-15)14(17)13(9)21-12(8)6-11(10)19-2/h5-6H,3-4,7,15H2,1-2H3. The molecule has 1 aliphatic rings. The number of nitrogens with zero attached hydrogens (tertiary/aromatic N) is 1. The Morgan fingerprint density at radius 1 is 1.33 bits per heavy atom. The molecule has 0 unspecified atom stereocenters. The molecule has 1 aromatic carbocycles. The summed E-state index contributed by atoms with van der Waals surface area (Å²) in [6.07, 6.45) is 0. The van der Waals surface area contributed by atoms with E-state index < -0.39 is 0 Å². The molecule has 2 aromatic rings. The maximum absolute atomic E-state index is 12.4. The monoisotopic (exact) mass is 324 g/mol. The second-order valence-corrected chi connectivity index (χ2v) is 6.50. The van der Waals surface area contributed by atoms with E-state index in [2.05, 4.69) is 0 Å². The van der Waals surface area contributed by atoms with Gasteiger partial charge in [0.15, 0.2) is 11.5 Å². The summed E-state index contributed by atoms with van der Waals surface area (Å²) in [4.78, 5) is 15.1. The van der Waals surface area contributed by atoms with Crippen molar-refractivity contribution < 1.29 is 14.3 Å². The molecule has 1 amide bonds. The van der Waals surface area contributed by atoms with Crippen LogP contribution in [-0.4, -0.2) is 37.3 Å². The highest BCUT2D eigenvalue weighted by molar-refractivity contribution is 7.97. The van der Waals surface area contributed by atoms with Gasteiger partial charge in [-0.2, -0.15) is 0 Å². The Morgan fingerprint density at radius 2 is 2.05 bits per heavy atom. The van der Waals surface area contributed by atoms with Gasteiger partial charge in [-0.3, -0.25) is 9.93 Å². The van der Waals surface area contributed by atoms with Crippen molar-refractivity contribution >= 4 is 39.3 Å². The molecule has 0 saturated carbocycles. The Labute approximate surface area is 131 Å². The molecule has 0 aliphatic carbocycles. The number of nitrogens with two attached hydrogens (primary N) is 1. The molecule has 1 aromatic heterocycles. The SMILES string of the molecule is COc1cc2sc3c(c2cc1OC)CN(CCSN)C3=O. The lowest BCUT2D eigenvalue weighted by molar-refractivity contribution is 0.0792. The minimum atomic E-state index is 0.0955. The first kappa shape index (κ1) is 14.5. The fourth-order valence-electron chi connectivity index (χ4n) is 2.55. The van der Waals surface area contributed by atoms with Gasteiger partial charge in [0.1, 0.15) is 0 Å².